The summed E-state index contributed by atoms with van der Waals surface area (Å²) in [6, 6.07) is 18.0. The Morgan fingerprint density at radius 2 is 1.41 bits per heavy atom. The molecule has 0 nitrogen and oxygen atoms in total. The average molecular weight is 290 g/mol. The molecule has 0 heteroatoms. The van der Waals surface area contributed by atoms with Gasteiger partial charge < -0.3 is 0 Å². The number of hydrogen-bond acceptors (Lipinski definition) is 0. The van der Waals surface area contributed by atoms with Gasteiger partial charge in [0.25, 0.3) is 0 Å². The Morgan fingerprint density at radius 3 is 2.00 bits per heavy atom. The molecule has 0 spiro atoms. The molecule has 2 aromatic rings. The molecule has 1 aliphatic carbocycles. The Labute approximate surface area is 134 Å². The Balaban J connectivity index is 1.54. The van der Waals surface area contributed by atoms with Gasteiger partial charge in [-0.3, -0.25) is 0 Å². The number of allylic oxidation sites excluding steroid dienone is 2. The molecule has 22 heavy (non-hydrogen) atoms. The van der Waals surface area contributed by atoms with Gasteiger partial charge in [-0.05, 0) is 56.6 Å². The van der Waals surface area contributed by atoms with Crippen LogP contribution in [0.3, 0.4) is 0 Å². The van der Waals surface area contributed by atoms with Gasteiger partial charge in [-0.15, -0.1) is 0 Å². The molecule has 0 saturated heterocycles. The highest BCUT2D eigenvalue weighted by molar-refractivity contribution is 5.28. The summed E-state index contributed by atoms with van der Waals surface area (Å²) < 4.78 is 0. The number of rotatable bonds is 4. The van der Waals surface area contributed by atoms with Crippen LogP contribution in [0.1, 0.15) is 47.4 Å². The second-order valence-corrected chi connectivity index (χ2v) is 6.76. The third-order valence-corrected chi connectivity index (χ3v) is 4.89. The molecule has 3 rings (SSSR count). The Hall–Kier alpha value is -1.82. The Bertz CT molecular complexity index is 616. The van der Waals surface area contributed by atoms with E-state index in [4.69, 9.17) is 0 Å². The standard InChI is InChI=1S/C22H26/c1-17-3-7-19(8-4-17)9-10-20-11-15-22(16-12-20)21-13-5-18(2)6-14-21/h3-8,11,13-15,20,22H,9-10,12,16H2,1-2H3. The van der Waals surface area contributed by atoms with Crippen molar-refractivity contribution < 1.29 is 0 Å². The summed E-state index contributed by atoms with van der Waals surface area (Å²) in [5.41, 5.74) is 5.64. The normalized spacial score (nSPS) is 21.0. The predicted molar refractivity (Wildman–Crippen MR) is 95.3 cm³/mol. The number of hydrogen-bond donors (Lipinski definition) is 0. The molecule has 0 radical (unpaired) electrons. The van der Waals surface area contributed by atoms with E-state index in [9.17, 15) is 0 Å². The molecule has 0 aromatic heterocycles. The highest BCUT2D eigenvalue weighted by Gasteiger charge is 2.17. The van der Waals surface area contributed by atoms with Crippen molar-refractivity contribution in [2.75, 3.05) is 0 Å². The van der Waals surface area contributed by atoms with E-state index in [-0.39, 0.29) is 0 Å². The molecule has 0 N–H and O–H groups in total. The fourth-order valence-corrected chi connectivity index (χ4v) is 3.32. The zero-order valence-corrected chi connectivity index (χ0v) is 13.8. The van der Waals surface area contributed by atoms with Crippen molar-refractivity contribution in [3.05, 3.63) is 82.9 Å². The van der Waals surface area contributed by atoms with E-state index >= 15 is 0 Å². The summed E-state index contributed by atoms with van der Waals surface area (Å²) in [6.45, 7) is 4.31. The second-order valence-electron chi connectivity index (χ2n) is 6.76. The number of benzene rings is 2. The highest BCUT2D eigenvalue weighted by atomic mass is 14.2. The van der Waals surface area contributed by atoms with Gasteiger partial charge in [-0.2, -0.15) is 0 Å². The Morgan fingerprint density at radius 1 is 0.773 bits per heavy atom. The van der Waals surface area contributed by atoms with Crippen LogP contribution in [0.2, 0.25) is 0 Å². The van der Waals surface area contributed by atoms with Crippen molar-refractivity contribution >= 4 is 0 Å². The van der Waals surface area contributed by atoms with E-state index in [2.05, 4.69) is 74.5 Å². The van der Waals surface area contributed by atoms with Crippen molar-refractivity contribution in [2.24, 2.45) is 5.92 Å². The maximum Gasteiger partial charge on any atom is 0.00182 e. The first-order chi connectivity index (χ1) is 10.7. The lowest BCUT2D eigenvalue weighted by molar-refractivity contribution is 0.482. The fourth-order valence-electron chi connectivity index (χ4n) is 3.32. The molecular formula is C22H26. The van der Waals surface area contributed by atoms with E-state index in [1.807, 2.05) is 0 Å². The first-order valence-electron chi connectivity index (χ1n) is 8.51. The van der Waals surface area contributed by atoms with Gasteiger partial charge in [0.1, 0.15) is 0 Å². The molecule has 0 aliphatic heterocycles. The SMILES string of the molecule is Cc1ccc(CCC2C=CC(c3ccc(C)cc3)CC2)cc1. The van der Waals surface area contributed by atoms with E-state index in [1.165, 1.54) is 47.9 Å². The molecule has 0 fully saturated rings. The lowest BCUT2D eigenvalue weighted by atomic mass is 9.82. The number of aryl methyl sites for hydroxylation is 3. The molecule has 2 atom stereocenters. The van der Waals surface area contributed by atoms with E-state index in [1.54, 1.807) is 0 Å². The largest absolute Gasteiger partial charge is 0.0848 e. The summed E-state index contributed by atoms with van der Waals surface area (Å²) in [7, 11) is 0. The van der Waals surface area contributed by atoms with Crippen LogP contribution >= 0.6 is 0 Å². The summed E-state index contributed by atoms with van der Waals surface area (Å²) in [6.07, 6.45) is 9.99. The minimum Gasteiger partial charge on any atom is -0.0848 e. The molecule has 0 saturated carbocycles. The zero-order chi connectivity index (χ0) is 15.4. The fraction of sp³-hybridized carbons (Fsp3) is 0.364. The maximum absolute atomic E-state index is 2.46. The van der Waals surface area contributed by atoms with Crippen LogP contribution in [0, 0.1) is 19.8 Å². The van der Waals surface area contributed by atoms with Crippen molar-refractivity contribution in [1.82, 2.24) is 0 Å². The van der Waals surface area contributed by atoms with Gasteiger partial charge in [0.2, 0.25) is 0 Å². The Kier molecular flexibility index (Phi) is 4.77. The summed E-state index contributed by atoms with van der Waals surface area (Å²) in [5.74, 6) is 1.37. The van der Waals surface area contributed by atoms with Gasteiger partial charge in [0.15, 0.2) is 0 Å². The lowest BCUT2D eigenvalue weighted by Crippen LogP contribution is -2.08. The molecule has 2 aromatic carbocycles. The van der Waals surface area contributed by atoms with Crippen LogP contribution in [0.4, 0.5) is 0 Å². The van der Waals surface area contributed by atoms with Gasteiger partial charge in [0.05, 0.1) is 0 Å². The van der Waals surface area contributed by atoms with E-state index < -0.39 is 0 Å². The van der Waals surface area contributed by atoms with E-state index in [0.717, 1.165) is 5.92 Å². The first-order valence-corrected chi connectivity index (χ1v) is 8.51. The van der Waals surface area contributed by atoms with Crippen LogP contribution in [0.15, 0.2) is 60.7 Å². The summed E-state index contributed by atoms with van der Waals surface area (Å²) in [4.78, 5) is 0. The maximum atomic E-state index is 2.46. The molecule has 0 amide bonds. The van der Waals surface area contributed by atoms with Crippen molar-refractivity contribution in [3.8, 4) is 0 Å². The monoisotopic (exact) mass is 290 g/mol. The zero-order valence-electron chi connectivity index (χ0n) is 13.8. The van der Waals surface area contributed by atoms with Crippen LogP contribution in [-0.2, 0) is 6.42 Å². The van der Waals surface area contributed by atoms with Crippen molar-refractivity contribution in [3.63, 3.8) is 0 Å². The minimum atomic E-state index is 0.622. The highest BCUT2D eigenvalue weighted by Crippen LogP contribution is 2.32. The van der Waals surface area contributed by atoms with Gasteiger partial charge in [-0.1, -0.05) is 71.8 Å². The van der Waals surface area contributed by atoms with Crippen molar-refractivity contribution in [2.45, 2.75) is 45.4 Å². The topological polar surface area (TPSA) is 0 Å². The summed E-state index contributed by atoms with van der Waals surface area (Å²) in [5, 5.41) is 0. The van der Waals surface area contributed by atoms with Crippen LogP contribution in [-0.4, -0.2) is 0 Å². The third kappa shape index (κ3) is 3.88. The molecule has 2 unspecified atom stereocenters. The van der Waals surface area contributed by atoms with Gasteiger partial charge in [0, 0.05) is 5.92 Å². The van der Waals surface area contributed by atoms with E-state index in [0.29, 0.717) is 5.92 Å². The third-order valence-electron chi connectivity index (χ3n) is 4.89. The molecular weight excluding hydrogens is 264 g/mol. The molecule has 0 bridgehead atoms. The van der Waals surface area contributed by atoms with Crippen molar-refractivity contribution in [1.29, 1.82) is 0 Å². The molecule has 0 heterocycles. The smallest absolute Gasteiger partial charge is 0.00182 e. The average Bonchev–Trinajstić information content (AvgIpc) is 2.56. The summed E-state index contributed by atoms with van der Waals surface area (Å²) >= 11 is 0. The quantitative estimate of drug-likeness (QED) is 0.607. The molecule has 1 aliphatic rings. The minimum absolute atomic E-state index is 0.622. The molecule has 114 valence electrons. The van der Waals surface area contributed by atoms with Crippen LogP contribution in [0.25, 0.3) is 0 Å². The van der Waals surface area contributed by atoms with Gasteiger partial charge in [-0.25, -0.2) is 0 Å². The second kappa shape index (κ2) is 6.96. The first kappa shape index (κ1) is 15.1. The lowest BCUT2D eigenvalue weighted by Gasteiger charge is -2.23. The van der Waals surface area contributed by atoms with Crippen LogP contribution in [0.5, 0.6) is 0 Å². The predicted octanol–water partition coefficient (Wildman–Crippen LogP) is 5.99. The van der Waals surface area contributed by atoms with Crippen LogP contribution < -0.4 is 0 Å². The van der Waals surface area contributed by atoms with Gasteiger partial charge >= 0.3 is 0 Å².